The van der Waals surface area contributed by atoms with Crippen molar-refractivity contribution in [3.05, 3.63) is 356 Å². The molecule has 3 heterocycles. The lowest BCUT2D eigenvalue weighted by atomic mass is 10.2. The van der Waals surface area contributed by atoms with E-state index in [1.54, 1.807) is 0 Å². The normalized spacial score (nSPS) is 12.2. The van der Waals surface area contributed by atoms with Gasteiger partial charge in [0.15, 0.2) is 54.4 Å². The van der Waals surface area contributed by atoms with Crippen LogP contribution in [0.5, 0.6) is 17.2 Å². The largest absolute Gasteiger partial charge is 0.748 e. The molecule has 15 aromatic rings. The van der Waals surface area contributed by atoms with Crippen molar-refractivity contribution in [1.29, 1.82) is 0 Å². The third-order valence-corrected chi connectivity index (χ3v) is 30.2. The van der Waals surface area contributed by atoms with E-state index in [1.165, 1.54) is 100 Å². The van der Waals surface area contributed by atoms with Crippen LogP contribution in [0.25, 0.3) is 75.2 Å². The monoisotopic (exact) mass is 2290 g/mol. The van der Waals surface area contributed by atoms with Crippen molar-refractivity contribution in [1.82, 2.24) is 0 Å². The van der Waals surface area contributed by atoms with Crippen LogP contribution in [0.4, 0.5) is 39.5 Å². The maximum Gasteiger partial charge on any atom is 0.426 e. The van der Waals surface area contributed by atoms with Gasteiger partial charge in [-0.25, -0.2) is 54.0 Å². The quantitative estimate of drug-likeness (QED) is 0.0123. The SMILES string of the molecule is C=C(C)C(=O)Oc1c(Br)cc(Br)cc1C(=O)OC(CS(=O)(=O)[O-])C(F)(F)F.C=CC(=O)Oc1c(Br)cc(Br)cc1C(=O)OC(CS(=O)(=O)[O-])C(F)(F)F.C=CC(=O)Oc1cc(C(=O)OC(CS(=O)(=O)[O-])C(F)(F)F)ccc1Br.c1ccc(-[s+]2c3ccccc3c3ccccc32)cc1.c1ccc(-[s+]2c3ccccc3c3ccccc32)cc1.c1ccc(-[s+]2c3ccccc3c3ccccc32)cc1. The van der Waals surface area contributed by atoms with E-state index >= 15 is 0 Å². The number of esters is 6. The van der Waals surface area contributed by atoms with Crippen LogP contribution in [0.1, 0.15) is 38.0 Å². The highest BCUT2D eigenvalue weighted by Gasteiger charge is 2.47. The molecule has 0 bridgehead atoms. The second-order valence-electron chi connectivity index (χ2n) is 27.9. The molecule has 15 rings (SSSR count). The molecule has 3 unspecified atom stereocenters. The van der Waals surface area contributed by atoms with Gasteiger partial charge in [0, 0.05) is 90.4 Å². The summed E-state index contributed by atoms with van der Waals surface area (Å²) in [6.45, 7) is 10.9. The first-order valence-electron chi connectivity index (χ1n) is 38.4. The average molecular weight is 2290 g/mol. The Morgan fingerprint density at radius 2 is 0.615 bits per heavy atom. The van der Waals surface area contributed by atoms with Gasteiger partial charge in [-0.05, 0) is 206 Å². The predicted molar refractivity (Wildman–Crippen MR) is 515 cm³/mol. The van der Waals surface area contributed by atoms with Crippen LogP contribution in [-0.4, -0.2) is 129 Å². The Balaban J connectivity index is 0.000000168. The van der Waals surface area contributed by atoms with Crippen molar-refractivity contribution >= 4 is 238 Å². The van der Waals surface area contributed by atoms with Gasteiger partial charge in [-0.2, -0.15) is 39.5 Å². The molecule has 3 atom stereocenters. The Bertz CT molecular complexity index is 6840. The van der Waals surface area contributed by atoms with Gasteiger partial charge in [0.05, 0.1) is 66.6 Å². The Labute approximate surface area is 814 Å². The lowest BCUT2D eigenvalue weighted by Crippen LogP contribution is -2.39. The summed E-state index contributed by atoms with van der Waals surface area (Å²) in [5.74, 6) is -14.9. The van der Waals surface area contributed by atoms with Crippen molar-refractivity contribution in [2.45, 2.75) is 43.8 Å². The summed E-state index contributed by atoms with van der Waals surface area (Å²) in [6, 6.07) is 93.0. The van der Waals surface area contributed by atoms with E-state index in [4.69, 9.17) is 14.2 Å². The highest BCUT2D eigenvalue weighted by molar-refractivity contribution is 9.11. The molecular formula is C94H66Br5F9O21S6. The summed E-state index contributed by atoms with van der Waals surface area (Å²) in [5, 5.41) is 8.36. The van der Waals surface area contributed by atoms with Crippen molar-refractivity contribution in [3.8, 4) is 31.9 Å². The van der Waals surface area contributed by atoms with Gasteiger partial charge >= 0.3 is 54.3 Å². The highest BCUT2D eigenvalue weighted by Crippen LogP contribution is 2.52. The smallest absolute Gasteiger partial charge is 0.426 e. The van der Waals surface area contributed by atoms with Gasteiger partial charge in [-0.1, -0.05) is 179 Å². The summed E-state index contributed by atoms with van der Waals surface area (Å²) in [5.41, 5.74) is -1.77. The summed E-state index contributed by atoms with van der Waals surface area (Å²) in [4.78, 5) is 74.5. The van der Waals surface area contributed by atoms with Gasteiger partial charge < -0.3 is 42.1 Å². The minimum atomic E-state index is -5.35. The first-order valence-corrected chi connectivity index (χ1v) is 50.8. The lowest BCUT2D eigenvalue weighted by Gasteiger charge is -2.22. The van der Waals surface area contributed by atoms with E-state index in [2.05, 4.69) is 350 Å². The molecule has 12 aromatic carbocycles. The number of hydrogen-bond donors (Lipinski definition) is 0. The van der Waals surface area contributed by atoms with Crippen LogP contribution in [-0.2, 0) is 58.9 Å². The Morgan fingerprint density at radius 3 is 0.881 bits per heavy atom. The number of ether oxygens (including phenoxy) is 6. The van der Waals surface area contributed by atoms with Crippen molar-refractivity contribution in [3.63, 3.8) is 0 Å². The zero-order valence-corrected chi connectivity index (χ0v) is 81.8. The Morgan fingerprint density at radius 1 is 0.356 bits per heavy atom. The van der Waals surface area contributed by atoms with Crippen LogP contribution < -0.4 is 14.2 Å². The molecule has 0 N–H and O–H groups in total. The molecule has 0 saturated heterocycles. The summed E-state index contributed by atoms with van der Waals surface area (Å²) >= 11 is 14.9. The van der Waals surface area contributed by atoms with Crippen LogP contribution in [0.2, 0.25) is 0 Å². The number of carbonyl (C=O) groups is 6. The molecule has 0 radical (unpaired) electrons. The van der Waals surface area contributed by atoms with Gasteiger partial charge in [0.1, 0.15) is 16.9 Å². The number of thiophene rings is 3. The van der Waals surface area contributed by atoms with Crippen molar-refractivity contribution in [2.75, 3.05) is 17.3 Å². The predicted octanol–water partition coefficient (Wildman–Crippen LogP) is 25.6. The Kier molecular flexibility index (Phi) is 36.2. The first-order chi connectivity index (χ1) is 63.5. The molecule has 0 fully saturated rings. The topological polar surface area (TPSA) is 329 Å². The molecule has 0 aliphatic heterocycles. The number of benzene rings is 12. The van der Waals surface area contributed by atoms with Crippen LogP contribution >= 0.6 is 111 Å². The van der Waals surface area contributed by atoms with E-state index in [9.17, 15) is 107 Å². The molecule has 0 amide bonds. The molecule has 0 aliphatic rings. The van der Waals surface area contributed by atoms with Crippen molar-refractivity contribution in [2.24, 2.45) is 0 Å². The lowest BCUT2D eigenvalue weighted by molar-refractivity contribution is -0.197. The fourth-order valence-electron chi connectivity index (χ4n) is 12.5. The minimum absolute atomic E-state index is 0.00836. The number of fused-ring (bicyclic) bond motifs is 9. The van der Waals surface area contributed by atoms with E-state index in [1.807, 2.05) is 0 Å². The second kappa shape index (κ2) is 46.1. The van der Waals surface area contributed by atoms with Gasteiger partial charge in [0.2, 0.25) is 18.3 Å². The molecule has 0 aliphatic carbocycles. The Hall–Kier alpha value is -11.2. The number of hydrogen-bond acceptors (Lipinski definition) is 21. The number of alkyl halides is 9. The average Bonchev–Trinajstić information content (AvgIpc) is 1.61. The molecule has 0 saturated carbocycles. The van der Waals surface area contributed by atoms with E-state index in [0.717, 1.165) is 36.4 Å². The van der Waals surface area contributed by atoms with E-state index in [0.29, 0.717) is 0 Å². The number of halogens is 14. The zero-order valence-electron chi connectivity index (χ0n) is 69.0. The third-order valence-electron chi connectivity index (χ3n) is 18.3. The third kappa shape index (κ3) is 29.0. The summed E-state index contributed by atoms with van der Waals surface area (Å²) in [6.07, 6.45) is -23.9. The first kappa shape index (κ1) is 106. The zero-order chi connectivity index (χ0) is 98.8. The molecule has 0 spiro atoms. The fraction of sp³-hybridized carbons (Fsp3) is 0.106. The standard InChI is InChI=1S/3C18H13S.C14H11Br2F3O7S.C13H9Br2F3O7S.C13H10BrF3O7S/c3*1-2-8-14(9-3-1)19-17-12-6-4-10-15(17)16-11-5-7-13-18(16)19;1-6(2)12(20)26-11-8(3-7(15)4-9(11)16)13(21)25-10(14(17,18)19)5-27(22,23)24;1-2-10(19)25-11-7(3-6(14)4-8(11)15)12(20)24-9(13(16,17)18)5-26(21,22)23;1-2-11(18)23-9-5-7(3-4-8(9)14)12(19)24-10(13(15,16)17)6-25(20,21)22/h3*1-13H;3-4,10H,1,5H2,2H3,(H,22,23,24);2-4,9H,1,5H2,(H,21,22,23);2-5,10H,1,6H2,(H,20,21,22)/q3*+1;;;/p-3. The number of carbonyl (C=O) groups excluding carboxylic acids is 6. The molecule has 135 heavy (non-hydrogen) atoms. The molecule has 3 aromatic heterocycles. The van der Waals surface area contributed by atoms with Gasteiger partial charge in [0.25, 0.3) is 0 Å². The maximum absolute atomic E-state index is 12.9. The van der Waals surface area contributed by atoms with Crippen molar-refractivity contribution < 1.29 is 136 Å². The summed E-state index contributed by atoms with van der Waals surface area (Å²) < 4.78 is 247. The molecular weight excluding hydrogens is 2230 g/mol. The fourth-order valence-corrected chi connectivity index (χ4v) is 24.5. The summed E-state index contributed by atoms with van der Waals surface area (Å²) in [7, 11) is -15.8. The van der Waals surface area contributed by atoms with E-state index in [-0.39, 0.29) is 65.1 Å². The molecule has 41 heteroatoms. The minimum Gasteiger partial charge on any atom is -0.748 e. The van der Waals surface area contributed by atoms with Gasteiger partial charge in [-0.3, -0.25) is 0 Å². The van der Waals surface area contributed by atoms with Gasteiger partial charge in [-0.15, -0.1) is 0 Å². The van der Waals surface area contributed by atoms with E-state index < -0.39 is 148 Å². The molecule has 21 nitrogen and oxygen atoms in total. The van der Waals surface area contributed by atoms with Crippen LogP contribution in [0.3, 0.4) is 0 Å². The molecule has 702 valence electrons. The second-order valence-corrected chi connectivity index (χ2v) is 42.5. The number of rotatable bonds is 21. The van der Waals surface area contributed by atoms with Crippen LogP contribution in [0, 0.1) is 0 Å². The highest BCUT2D eigenvalue weighted by atomic mass is 79.9. The maximum atomic E-state index is 12.9. The van der Waals surface area contributed by atoms with Crippen LogP contribution in [0.15, 0.2) is 339 Å².